The maximum absolute atomic E-state index is 13.6. The molecule has 0 radical (unpaired) electrons. The van der Waals surface area contributed by atoms with Crippen LogP contribution in [0.2, 0.25) is 0 Å². The van der Waals surface area contributed by atoms with Gasteiger partial charge in [-0.1, -0.05) is 0 Å². The van der Waals surface area contributed by atoms with Crippen LogP contribution in [0.3, 0.4) is 0 Å². The summed E-state index contributed by atoms with van der Waals surface area (Å²) in [6.07, 6.45) is 5.44. The summed E-state index contributed by atoms with van der Waals surface area (Å²) in [4.78, 5) is 18.0. The van der Waals surface area contributed by atoms with Gasteiger partial charge in [0.05, 0.1) is 31.9 Å². The van der Waals surface area contributed by atoms with Gasteiger partial charge in [-0.3, -0.25) is 9.29 Å². The van der Waals surface area contributed by atoms with E-state index in [1.54, 1.807) is 4.90 Å². The number of ether oxygens (including phenoxy) is 3. The smallest absolute Gasteiger partial charge is 0.245 e. The van der Waals surface area contributed by atoms with Crippen LogP contribution in [-0.4, -0.2) is 82.3 Å². The van der Waals surface area contributed by atoms with Crippen molar-refractivity contribution in [1.29, 1.82) is 0 Å². The second kappa shape index (κ2) is 10.4. The van der Waals surface area contributed by atoms with Gasteiger partial charge >= 0.3 is 0 Å². The number of nitrogens with zero attached hydrogens (tertiary/aromatic N) is 8. The predicted molar refractivity (Wildman–Crippen MR) is 128 cm³/mol. The van der Waals surface area contributed by atoms with Gasteiger partial charge in [0.15, 0.2) is 17.3 Å². The normalized spacial score (nSPS) is 20.1. The highest BCUT2D eigenvalue weighted by molar-refractivity contribution is 7.93. The molecule has 0 aromatic carbocycles. The van der Waals surface area contributed by atoms with Crippen molar-refractivity contribution >= 4 is 21.9 Å². The number of piperidine rings is 1. The second-order valence-corrected chi connectivity index (χ2v) is 10.5. The number of hydrogen-bond donors (Lipinski definition) is 1. The highest BCUT2D eigenvalue weighted by atomic mass is 32.2. The van der Waals surface area contributed by atoms with Crippen molar-refractivity contribution in [3.8, 4) is 17.4 Å². The van der Waals surface area contributed by atoms with Crippen LogP contribution in [-0.2, 0) is 14.8 Å². The minimum atomic E-state index is -3.97. The molecule has 3 aromatic heterocycles. The first kappa shape index (κ1) is 25.0. The van der Waals surface area contributed by atoms with Gasteiger partial charge in [-0.15, -0.1) is 10.2 Å². The van der Waals surface area contributed by atoms with E-state index >= 15 is 0 Å². The first-order valence-corrected chi connectivity index (χ1v) is 13.2. The molecule has 3 aromatic rings. The third-order valence-electron chi connectivity index (χ3n) is 6.21. The van der Waals surface area contributed by atoms with Crippen molar-refractivity contribution in [2.75, 3.05) is 43.5 Å². The number of sulfonamides is 1. The van der Waals surface area contributed by atoms with Crippen LogP contribution in [0.5, 0.6) is 11.8 Å². The van der Waals surface area contributed by atoms with Gasteiger partial charge in [0, 0.05) is 19.7 Å². The molecule has 0 spiro atoms. The first-order chi connectivity index (χ1) is 17.9. The average molecular weight is 536 g/mol. The Morgan fingerprint density at radius 3 is 2.43 bits per heavy atom. The van der Waals surface area contributed by atoms with Crippen LogP contribution in [0.4, 0.5) is 16.3 Å². The Labute approximate surface area is 212 Å². The van der Waals surface area contributed by atoms with E-state index in [0.717, 1.165) is 18.8 Å². The second-order valence-electron chi connectivity index (χ2n) is 8.52. The number of rotatable bonds is 8. The van der Waals surface area contributed by atoms with Gasteiger partial charge in [-0.2, -0.15) is 9.97 Å². The van der Waals surface area contributed by atoms with Crippen molar-refractivity contribution in [3.63, 3.8) is 0 Å². The zero-order chi connectivity index (χ0) is 26.0. The van der Waals surface area contributed by atoms with E-state index in [1.165, 1.54) is 25.1 Å². The number of hydrogen-bond acceptors (Lipinski definition) is 12. The zero-order valence-electron chi connectivity index (χ0n) is 20.2. The van der Waals surface area contributed by atoms with Gasteiger partial charge in [-0.25, -0.2) is 22.8 Å². The third kappa shape index (κ3) is 4.98. The Kier molecular flexibility index (Phi) is 7.01. The Morgan fingerprint density at radius 1 is 1.05 bits per heavy atom. The van der Waals surface area contributed by atoms with E-state index in [2.05, 4.69) is 34.9 Å². The van der Waals surface area contributed by atoms with Crippen LogP contribution in [0.15, 0.2) is 18.7 Å². The molecule has 2 aliphatic rings. The van der Waals surface area contributed by atoms with Crippen molar-refractivity contribution < 1.29 is 27.0 Å². The summed E-state index contributed by atoms with van der Waals surface area (Å²) in [7, 11) is -1.11. The summed E-state index contributed by atoms with van der Waals surface area (Å²) in [5.74, 6) is 0.274. The number of halogens is 1. The van der Waals surface area contributed by atoms with E-state index < -0.39 is 27.2 Å². The molecule has 0 unspecified atom stereocenters. The minimum absolute atomic E-state index is 0.0768. The SMILES string of the molecule is COc1ncnc(OC)c1-n1c(NS(=O)(=O)[C@@H]2CCCN(c3ncc(F)cn3)C2)nnc1[C@@H]1CCCO1. The highest BCUT2D eigenvalue weighted by Crippen LogP contribution is 2.37. The van der Waals surface area contributed by atoms with Crippen molar-refractivity contribution in [2.24, 2.45) is 0 Å². The standard InChI is InChI=1S/C21H26FN9O5S/c1-34-18-16(19(35-2)26-12-25-18)31-17(15-6-4-8-36-15)27-28-21(31)29-37(32,33)14-5-3-7-30(11-14)20-23-9-13(22)10-24-20/h9-10,12,14-15H,3-8,11H2,1-2H3,(H,28,29)/t14-,15+/m1/s1. The molecule has 0 amide bonds. The number of nitrogens with one attached hydrogen (secondary N) is 1. The van der Waals surface area contributed by atoms with Gasteiger partial charge in [0.1, 0.15) is 12.4 Å². The number of aromatic nitrogens is 7. The summed E-state index contributed by atoms with van der Waals surface area (Å²) in [5.41, 5.74) is 0.241. The molecule has 0 aliphatic carbocycles. The molecule has 198 valence electrons. The maximum atomic E-state index is 13.6. The van der Waals surface area contributed by atoms with Gasteiger partial charge in [-0.05, 0) is 25.7 Å². The van der Waals surface area contributed by atoms with Crippen LogP contribution < -0.4 is 19.1 Å². The Morgan fingerprint density at radius 2 is 1.78 bits per heavy atom. The quantitative estimate of drug-likeness (QED) is 0.441. The Balaban J connectivity index is 1.50. The third-order valence-corrected chi connectivity index (χ3v) is 7.94. The van der Waals surface area contributed by atoms with Crippen molar-refractivity contribution in [2.45, 2.75) is 37.0 Å². The summed E-state index contributed by atoms with van der Waals surface area (Å²) < 4.78 is 61.1. The summed E-state index contributed by atoms with van der Waals surface area (Å²) in [5, 5.41) is 7.59. The van der Waals surface area contributed by atoms with Crippen LogP contribution >= 0.6 is 0 Å². The largest absolute Gasteiger partial charge is 0.479 e. The molecular formula is C21H26FN9O5S. The van der Waals surface area contributed by atoms with Gasteiger partial charge in [0.25, 0.3) is 0 Å². The molecule has 2 aliphatic heterocycles. The molecule has 14 nitrogen and oxygen atoms in total. The monoisotopic (exact) mass is 535 g/mol. The molecule has 2 saturated heterocycles. The first-order valence-electron chi connectivity index (χ1n) is 11.7. The fraction of sp³-hybridized carbons (Fsp3) is 0.524. The fourth-order valence-corrected chi connectivity index (χ4v) is 5.87. The number of anilines is 2. The molecule has 2 atom stereocenters. The summed E-state index contributed by atoms with van der Waals surface area (Å²) in [6, 6.07) is 0. The molecule has 1 N–H and O–H groups in total. The lowest BCUT2D eigenvalue weighted by atomic mass is 10.1. The molecule has 2 fully saturated rings. The minimum Gasteiger partial charge on any atom is -0.479 e. The lowest BCUT2D eigenvalue weighted by Gasteiger charge is -2.32. The average Bonchev–Trinajstić information content (AvgIpc) is 3.58. The molecule has 5 heterocycles. The summed E-state index contributed by atoms with van der Waals surface area (Å²) in [6.45, 7) is 1.21. The molecular weight excluding hydrogens is 509 g/mol. The lowest BCUT2D eigenvalue weighted by Crippen LogP contribution is -2.45. The topological polar surface area (TPSA) is 159 Å². The molecule has 37 heavy (non-hydrogen) atoms. The maximum Gasteiger partial charge on any atom is 0.245 e. The van der Waals surface area contributed by atoms with Crippen LogP contribution in [0, 0.1) is 5.82 Å². The Bertz CT molecular complexity index is 1330. The van der Waals surface area contributed by atoms with E-state index in [-0.39, 0.29) is 35.9 Å². The highest BCUT2D eigenvalue weighted by Gasteiger charge is 2.36. The molecule has 5 rings (SSSR count). The van der Waals surface area contributed by atoms with Crippen LogP contribution in [0.1, 0.15) is 37.6 Å². The van der Waals surface area contributed by atoms with Crippen LogP contribution in [0.25, 0.3) is 5.69 Å². The van der Waals surface area contributed by atoms with Crippen molar-refractivity contribution in [1.82, 2.24) is 34.7 Å². The zero-order valence-corrected chi connectivity index (χ0v) is 21.1. The van der Waals surface area contributed by atoms with E-state index in [0.29, 0.717) is 38.2 Å². The van der Waals surface area contributed by atoms with E-state index in [1.807, 2.05) is 0 Å². The predicted octanol–water partition coefficient (Wildman–Crippen LogP) is 1.27. The van der Waals surface area contributed by atoms with Gasteiger partial charge < -0.3 is 19.1 Å². The number of methoxy groups -OCH3 is 2. The van der Waals surface area contributed by atoms with E-state index in [9.17, 15) is 12.8 Å². The fourth-order valence-electron chi connectivity index (χ4n) is 4.46. The van der Waals surface area contributed by atoms with Gasteiger partial charge in [0.2, 0.25) is 33.7 Å². The molecule has 0 saturated carbocycles. The Hall–Kier alpha value is -3.66. The lowest BCUT2D eigenvalue weighted by molar-refractivity contribution is 0.103. The van der Waals surface area contributed by atoms with Crippen molar-refractivity contribution in [3.05, 3.63) is 30.4 Å². The van der Waals surface area contributed by atoms with E-state index in [4.69, 9.17) is 14.2 Å². The molecule has 16 heteroatoms. The summed E-state index contributed by atoms with van der Waals surface area (Å²) >= 11 is 0. The molecule has 0 bridgehead atoms.